The van der Waals surface area contributed by atoms with Crippen molar-refractivity contribution in [1.82, 2.24) is 5.32 Å². The third-order valence-corrected chi connectivity index (χ3v) is 3.27. The minimum Gasteiger partial charge on any atom is -0.465 e. The lowest BCUT2D eigenvalue weighted by Gasteiger charge is -2.25. The van der Waals surface area contributed by atoms with Crippen LogP contribution in [0.5, 0.6) is 0 Å². The molecule has 0 fully saturated rings. The number of ether oxygens (including phenoxy) is 1. The number of amides is 1. The Labute approximate surface area is 125 Å². The average molecular weight is 293 g/mol. The summed E-state index contributed by atoms with van der Waals surface area (Å²) in [6, 6.07) is 6.24. The minimum atomic E-state index is -0.473. The first-order valence-electron chi connectivity index (χ1n) is 6.90. The summed E-state index contributed by atoms with van der Waals surface area (Å²) in [6.07, 6.45) is 0.0228. The van der Waals surface area contributed by atoms with Crippen molar-refractivity contribution >= 4 is 11.9 Å². The van der Waals surface area contributed by atoms with Crippen LogP contribution in [0.4, 0.5) is 0 Å². The normalized spacial score (nSPS) is 12.6. The Kier molecular flexibility index (Phi) is 5.90. The minimum absolute atomic E-state index is 0.201. The molecule has 116 valence electrons. The smallest absolute Gasteiger partial charge is 0.337 e. The molecule has 0 aliphatic heterocycles. The van der Waals surface area contributed by atoms with Gasteiger partial charge in [-0.3, -0.25) is 4.79 Å². The van der Waals surface area contributed by atoms with Crippen LogP contribution in [0, 0.1) is 5.41 Å². The molecule has 0 aliphatic rings. The van der Waals surface area contributed by atoms with Gasteiger partial charge >= 0.3 is 5.97 Å². The number of benzene rings is 1. The van der Waals surface area contributed by atoms with Crippen molar-refractivity contribution in [2.75, 3.05) is 13.7 Å². The highest BCUT2D eigenvalue weighted by Crippen LogP contribution is 2.20. The van der Waals surface area contributed by atoms with Gasteiger partial charge in [-0.1, -0.05) is 20.8 Å². The van der Waals surface area contributed by atoms with Gasteiger partial charge in [0.1, 0.15) is 0 Å². The molecule has 0 saturated heterocycles. The molecule has 1 aromatic rings. The van der Waals surface area contributed by atoms with E-state index in [1.165, 1.54) is 7.11 Å². The number of carbonyl (C=O) groups excluding carboxylic acids is 2. The fourth-order valence-electron chi connectivity index (χ4n) is 1.73. The second-order valence-electron chi connectivity index (χ2n) is 6.00. The highest BCUT2D eigenvalue weighted by molar-refractivity contribution is 5.96. The van der Waals surface area contributed by atoms with E-state index in [4.69, 9.17) is 0 Å². The molecule has 21 heavy (non-hydrogen) atoms. The molecule has 0 bridgehead atoms. The fourth-order valence-corrected chi connectivity index (χ4v) is 1.73. The van der Waals surface area contributed by atoms with Crippen LogP contribution in [0.15, 0.2) is 24.3 Å². The summed E-state index contributed by atoms with van der Waals surface area (Å²) in [6.45, 7) is 6.25. The van der Waals surface area contributed by atoms with Crippen LogP contribution in [0.2, 0.25) is 0 Å². The van der Waals surface area contributed by atoms with Gasteiger partial charge in [-0.05, 0) is 36.1 Å². The van der Waals surface area contributed by atoms with E-state index in [0.717, 1.165) is 0 Å². The van der Waals surface area contributed by atoms with Gasteiger partial charge in [0.05, 0.1) is 18.8 Å². The van der Waals surface area contributed by atoms with Crippen molar-refractivity contribution in [3.8, 4) is 0 Å². The van der Waals surface area contributed by atoms with E-state index in [-0.39, 0.29) is 11.3 Å². The summed E-state index contributed by atoms with van der Waals surface area (Å²) < 4.78 is 4.59. The number of aliphatic hydroxyl groups excluding tert-OH is 1. The molecular formula is C16H23NO4. The van der Waals surface area contributed by atoms with Gasteiger partial charge in [-0.2, -0.15) is 0 Å². The second kappa shape index (κ2) is 7.22. The molecule has 0 saturated carbocycles. The van der Waals surface area contributed by atoms with E-state index < -0.39 is 12.1 Å². The highest BCUT2D eigenvalue weighted by Gasteiger charge is 2.21. The number of nitrogens with one attached hydrogen (secondary N) is 1. The largest absolute Gasteiger partial charge is 0.465 e. The van der Waals surface area contributed by atoms with Crippen molar-refractivity contribution < 1.29 is 19.4 Å². The summed E-state index contributed by atoms with van der Waals surface area (Å²) in [4.78, 5) is 23.2. The summed E-state index contributed by atoms with van der Waals surface area (Å²) in [7, 11) is 1.31. The number of rotatable bonds is 5. The molecule has 1 amide bonds. The van der Waals surface area contributed by atoms with Crippen molar-refractivity contribution in [3.05, 3.63) is 35.4 Å². The number of hydrogen-bond acceptors (Lipinski definition) is 4. The molecule has 0 aliphatic carbocycles. The van der Waals surface area contributed by atoms with E-state index in [0.29, 0.717) is 24.1 Å². The summed E-state index contributed by atoms with van der Waals surface area (Å²) in [5, 5.41) is 12.6. The van der Waals surface area contributed by atoms with E-state index in [2.05, 4.69) is 10.1 Å². The first-order chi connectivity index (χ1) is 9.75. The highest BCUT2D eigenvalue weighted by atomic mass is 16.5. The quantitative estimate of drug-likeness (QED) is 0.814. The molecule has 2 N–H and O–H groups in total. The maximum atomic E-state index is 11.9. The Bertz CT molecular complexity index is 488. The fraction of sp³-hybridized carbons (Fsp3) is 0.500. The number of methoxy groups -OCH3 is 1. The molecular weight excluding hydrogens is 270 g/mol. The maximum Gasteiger partial charge on any atom is 0.337 e. The van der Waals surface area contributed by atoms with E-state index >= 15 is 0 Å². The predicted octanol–water partition coefficient (Wildman–Crippen LogP) is 2.00. The van der Waals surface area contributed by atoms with Gasteiger partial charge in [-0.25, -0.2) is 4.79 Å². The molecule has 5 heteroatoms. The Morgan fingerprint density at radius 1 is 1.19 bits per heavy atom. The zero-order valence-electron chi connectivity index (χ0n) is 13.0. The first kappa shape index (κ1) is 17.2. The van der Waals surface area contributed by atoms with Crippen LogP contribution in [0.25, 0.3) is 0 Å². The van der Waals surface area contributed by atoms with Crippen molar-refractivity contribution in [2.45, 2.75) is 33.3 Å². The Hall–Kier alpha value is -1.88. The maximum absolute atomic E-state index is 11.9. The third-order valence-electron chi connectivity index (χ3n) is 3.27. The third kappa shape index (κ3) is 5.19. The zero-order valence-corrected chi connectivity index (χ0v) is 13.0. The molecule has 5 nitrogen and oxygen atoms in total. The van der Waals surface area contributed by atoms with Crippen LogP contribution >= 0.6 is 0 Å². The van der Waals surface area contributed by atoms with E-state index in [1.54, 1.807) is 24.3 Å². The number of aliphatic hydroxyl groups is 1. The molecule has 0 heterocycles. The predicted molar refractivity (Wildman–Crippen MR) is 80.2 cm³/mol. The van der Waals surface area contributed by atoms with Gasteiger partial charge in [0.15, 0.2) is 0 Å². The van der Waals surface area contributed by atoms with Gasteiger partial charge in [0.25, 0.3) is 5.91 Å². The number of carbonyl (C=O) groups is 2. The SMILES string of the molecule is COC(=O)c1ccc(C(=O)NCCC(O)C(C)(C)C)cc1. The number of esters is 1. The topological polar surface area (TPSA) is 75.6 Å². The zero-order chi connectivity index (χ0) is 16.0. The van der Waals surface area contributed by atoms with Crippen molar-refractivity contribution in [1.29, 1.82) is 0 Å². The van der Waals surface area contributed by atoms with Gasteiger partial charge in [0.2, 0.25) is 0 Å². The van der Waals surface area contributed by atoms with Crippen molar-refractivity contribution in [2.24, 2.45) is 5.41 Å². The van der Waals surface area contributed by atoms with Crippen LogP contribution in [0.1, 0.15) is 47.9 Å². The van der Waals surface area contributed by atoms with Gasteiger partial charge < -0.3 is 15.2 Å². The second-order valence-corrected chi connectivity index (χ2v) is 6.00. The number of hydrogen-bond donors (Lipinski definition) is 2. The summed E-state index contributed by atoms with van der Waals surface area (Å²) in [5.74, 6) is -0.664. The van der Waals surface area contributed by atoms with Crippen LogP contribution in [0.3, 0.4) is 0 Å². The molecule has 0 spiro atoms. The first-order valence-corrected chi connectivity index (χ1v) is 6.90. The molecule has 1 aromatic carbocycles. The molecule has 1 atom stereocenters. The standard InChI is InChI=1S/C16H23NO4/c1-16(2,3)13(18)9-10-17-14(19)11-5-7-12(8-6-11)15(20)21-4/h5-8,13,18H,9-10H2,1-4H3,(H,17,19). The molecule has 0 radical (unpaired) electrons. The van der Waals surface area contributed by atoms with E-state index in [9.17, 15) is 14.7 Å². The van der Waals surface area contributed by atoms with Gasteiger partial charge in [-0.15, -0.1) is 0 Å². The molecule has 0 aromatic heterocycles. The average Bonchev–Trinajstić information content (AvgIpc) is 2.45. The Balaban J connectivity index is 2.51. The lowest BCUT2D eigenvalue weighted by atomic mass is 9.87. The monoisotopic (exact) mass is 293 g/mol. The molecule has 1 rings (SSSR count). The summed E-state index contributed by atoms with van der Waals surface area (Å²) in [5.41, 5.74) is 0.664. The van der Waals surface area contributed by atoms with Crippen molar-refractivity contribution in [3.63, 3.8) is 0 Å². The van der Waals surface area contributed by atoms with Gasteiger partial charge in [0, 0.05) is 12.1 Å². The van der Waals surface area contributed by atoms with Crippen LogP contribution in [-0.4, -0.2) is 36.7 Å². The summed E-state index contributed by atoms with van der Waals surface area (Å²) >= 11 is 0. The molecule has 1 unspecified atom stereocenters. The van der Waals surface area contributed by atoms with E-state index in [1.807, 2.05) is 20.8 Å². The Morgan fingerprint density at radius 2 is 1.71 bits per heavy atom. The van der Waals surface area contributed by atoms with Crippen LogP contribution in [-0.2, 0) is 4.74 Å². The lowest BCUT2D eigenvalue weighted by molar-refractivity contribution is 0.0550. The lowest BCUT2D eigenvalue weighted by Crippen LogP contribution is -2.32. The Morgan fingerprint density at radius 3 is 2.19 bits per heavy atom. The van der Waals surface area contributed by atoms with Crippen LogP contribution < -0.4 is 5.32 Å².